The number of rotatable bonds is 6. The van der Waals surface area contributed by atoms with Crippen molar-refractivity contribution in [2.45, 2.75) is 0 Å². The summed E-state index contributed by atoms with van der Waals surface area (Å²) in [5.74, 6) is 0. The number of nitrogens with zero attached hydrogens (tertiary/aromatic N) is 1. The van der Waals surface area contributed by atoms with Crippen LogP contribution in [0.4, 0.5) is 17.1 Å². The van der Waals surface area contributed by atoms with Crippen LogP contribution in [-0.2, 0) is 0 Å². The largest absolute Gasteiger partial charge is 0.456 e. The average Bonchev–Trinajstić information content (AvgIpc) is 3.83. The fraction of sp³-hybridized carbons (Fsp3) is 0. The summed E-state index contributed by atoms with van der Waals surface area (Å²) in [6.07, 6.45) is 0. The number of fused-ring (bicyclic) bond motifs is 7. The lowest BCUT2D eigenvalue weighted by Crippen LogP contribution is -2.10. The van der Waals surface area contributed by atoms with Crippen LogP contribution >= 0.6 is 0 Å². The molecule has 0 bridgehead atoms. The van der Waals surface area contributed by atoms with E-state index >= 15 is 0 Å². The van der Waals surface area contributed by atoms with Gasteiger partial charge in [0.2, 0.25) is 0 Å². The van der Waals surface area contributed by atoms with Gasteiger partial charge in [0.1, 0.15) is 22.3 Å². The minimum absolute atomic E-state index is 0.863. The molecule has 3 heteroatoms. The summed E-state index contributed by atoms with van der Waals surface area (Å²) in [6, 6.07) is 71.0. The Kier molecular flexibility index (Phi) is 7.17. The highest BCUT2D eigenvalue weighted by Gasteiger charge is 2.20. The Hall–Kier alpha value is -7.36. The first-order valence-corrected chi connectivity index (χ1v) is 18.7. The maximum absolute atomic E-state index is 6.36. The van der Waals surface area contributed by atoms with Crippen LogP contribution in [0.5, 0.6) is 0 Å². The first-order valence-electron chi connectivity index (χ1n) is 18.7. The summed E-state index contributed by atoms with van der Waals surface area (Å²) >= 11 is 0. The molecular weight excluding hydrogens is 671 g/mol. The molecule has 2 heterocycles. The number of furan rings is 2. The van der Waals surface area contributed by atoms with Gasteiger partial charge in [0.25, 0.3) is 0 Å². The number of hydrogen-bond donors (Lipinski definition) is 0. The molecule has 11 aromatic rings. The molecule has 0 aliphatic heterocycles. The second-order valence-electron chi connectivity index (χ2n) is 14.1. The Labute approximate surface area is 317 Å². The van der Waals surface area contributed by atoms with E-state index < -0.39 is 0 Å². The van der Waals surface area contributed by atoms with Gasteiger partial charge in [-0.05, 0) is 105 Å². The van der Waals surface area contributed by atoms with Crippen LogP contribution in [0.1, 0.15) is 0 Å². The van der Waals surface area contributed by atoms with Crippen molar-refractivity contribution in [1.29, 1.82) is 0 Å². The fourth-order valence-corrected chi connectivity index (χ4v) is 8.20. The Bertz CT molecular complexity index is 3180. The van der Waals surface area contributed by atoms with Crippen LogP contribution < -0.4 is 4.90 Å². The first-order chi connectivity index (χ1) is 27.2. The molecular formula is C52H33NO2. The van der Waals surface area contributed by atoms with Crippen LogP contribution in [-0.4, -0.2) is 0 Å². The first kappa shape index (κ1) is 31.2. The lowest BCUT2D eigenvalue weighted by Gasteiger charge is -2.26. The molecule has 0 fully saturated rings. The van der Waals surface area contributed by atoms with E-state index in [1.165, 1.54) is 27.5 Å². The molecule has 0 unspecified atom stereocenters. The van der Waals surface area contributed by atoms with Crippen molar-refractivity contribution in [3.8, 4) is 33.4 Å². The van der Waals surface area contributed by atoms with E-state index in [1.807, 2.05) is 24.3 Å². The van der Waals surface area contributed by atoms with E-state index in [2.05, 4.69) is 181 Å². The third-order valence-corrected chi connectivity index (χ3v) is 10.9. The topological polar surface area (TPSA) is 29.5 Å². The predicted octanol–water partition coefficient (Wildman–Crippen LogP) is 15.1. The summed E-state index contributed by atoms with van der Waals surface area (Å²) in [5, 5.41) is 6.97. The molecule has 55 heavy (non-hydrogen) atoms. The zero-order valence-electron chi connectivity index (χ0n) is 29.8. The molecule has 0 spiro atoms. The van der Waals surface area contributed by atoms with Gasteiger partial charge in [-0.3, -0.25) is 0 Å². The molecule has 0 aliphatic carbocycles. The number of benzene rings is 9. The normalized spacial score (nSPS) is 11.6. The Morgan fingerprint density at radius 1 is 0.309 bits per heavy atom. The van der Waals surface area contributed by atoms with Gasteiger partial charge in [-0.2, -0.15) is 0 Å². The Morgan fingerprint density at radius 3 is 1.55 bits per heavy atom. The van der Waals surface area contributed by atoms with Crippen molar-refractivity contribution in [2.24, 2.45) is 0 Å². The smallest absolute Gasteiger partial charge is 0.137 e. The summed E-state index contributed by atoms with van der Waals surface area (Å²) in [6.45, 7) is 0. The van der Waals surface area contributed by atoms with E-state index in [0.717, 1.165) is 77.6 Å². The summed E-state index contributed by atoms with van der Waals surface area (Å²) in [7, 11) is 0. The van der Waals surface area contributed by atoms with E-state index in [1.54, 1.807) is 0 Å². The van der Waals surface area contributed by atoms with E-state index in [4.69, 9.17) is 8.83 Å². The molecule has 9 aromatic carbocycles. The van der Waals surface area contributed by atoms with E-state index in [-0.39, 0.29) is 0 Å². The molecule has 0 aliphatic rings. The standard InChI is InChI=1S/C52H33NO2/c1-2-11-42-37(9-1)10-7-14-43(42)38-21-19-34(20-22-38)35-23-28-40(29-24-35)53(47-15-8-18-50-52(47)46-13-4-6-17-49(46)54-50)41-30-25-36(26-31-41)39-27-32-45-44-12-3-5-16-48(44)55-51(45)33-39/h1-33H. The van der Waals surface area contributed by atoms with Crippen LogP contribution in [0.25, 0.3) is 88.0 Å². The zero-order valence-corrected chi connectivity index (χ0v) is 29.8. The van der Waals surface area contributed by atoms with Gasteiger partial charge in [0, 0.05) is 27.5 Å². The van der Waals surface area contributed by atoms with Crippen LogP contribution in [0.15, 0.2) is 209 Å². The quantitative estimate of drug-likeness (QED) is 0.173. The average molecular weight is 704 g/mol. The highest BCUT2D eigenvalue weighted by atomic mass is 16.3. The van der Waals surface area contributed by atoms with Crippen LogP contribution in [0.2, 0.25) is 0 Å². The van der Waals surface area contributed by atoms with Gasteiger partial charge < -0.3 is 13.7 Å². The van der Waals surface area contributed by atoms with Gasteiger partial charge in [-0.1, -0.05) is 140 Å². The molecule has 11 rings (SSSR count). The van der Waals surface area contributed by atoms with Gasteiger partial charge >= 0.3 is 0 Å². The molecule has 0 saturated heterocycles. The van der Waals surface area contributed by atoms with E-state index in [9.17, 15) is 0 Å². The number of hydrogen-bond acceptors (Lipinski definition) is 3. The molecule has 0 atom stereocenters. The second kappa shape index (κ2) is 12.6. The number of anilines is 3. The molecule has 258 valence electrons. The third-order valence-electron chi connectivity index (χ3n) is 10.9. The number of para-hydroxylation sites is 2. The van der Waals surface area contributed by atoms with Gasteiger partial charge in [0.05, 0.1) is 11.1 Å². The van der Waals surface area contributed by atoms with Crippen molar-refractivity contribution in [3.63, 3.8) is 0 Å². The monoisotopic (exact) mass is 703 g/mol. The summed E-state index contributed by atoms with van der Waals surface area (Å²) in [5.41, 5.74) is 13.8. The highest BCUT2D eigenvalue weighted by molar-refractivity contribution is 6.13. The van der Waals surface area contributed by atoms with Crippen molar-refractivity contribution in [2.75, 3.05) is 4.90 Å². The maximum atomic E-state index is 6.36. The van der Waals surface area contributed by atoms with Crippen molar-refractivity contribution in [1.82, 2.24) is 0 Å². The lowest BCUT2D eigenvalue weighted by molar-refractivity contribution is 0.668. The molecule has 0 amide bonds. The van der Waals surface area contributed by atoms with Crippen molar-refractivity contribution in [3.05, 3.63) is 200 Å². The molecule has 3 nitrogen and oxygen atoms in total. The molecule has 0 N–H and O–H groups in total. The van der Waals surface area contributed by atoms with Gasteiger partial charge in [-0.25, -0.2) is 0 Å². The molecule has 0 saturated carbocycles. The van der Waals surface area contributed by atoms with Crippen LogP contribution in [0.3, 0.4) is 0 Å². The Morgan fingerprint density at radius 2 is 0.800 bits per heavy atom. The minimum atomic E-state index is 0.863. The van der Waals surface area contributed by atoms with Gasteiger partial charge in [-0.15, -0.1) is 0 Å². The Balaban J connectivity index is 0.981. The molecule has 2 aromatic heterocycles. The SMILES string of the molecule is c1ccc2c(-c3ccc(-c4ccc(N(c5ccc(-c6ccc7c(c6)oc6ccccc67)cc5)c5cccc6oc7ccccc7c56)cc4)cc3)cccc2c1. The van der Waals surface area contributed by atoms with E-state index in [0.29, 0.717) is 0 Å². The lowest BCUT2D eigenvalue weighted by atomic mass is 9.96. The van der Waals surface area contributed by atoms with Crippen LogP contribution in [0, 0.1) is 0 Å². The fourth-order valence-electron chi connectivity index (χ4n) is 8.20. The maximum Gasteiger partial charge on any atom is 0.137 e. The zero-order chi connectivity index (χ0) is 36.3. The van der Waals surface area contributed by atoms with Crippen molar-refractivity contribution >= 4 is 71.7 Å². The van der Waals surface area contributed by atoms with Gasteiger partial charge in [0.15, 0.2) is 0 Å². The third kappa shape index (κ3) is 5.28. The minimum Gasteiger partial charge on any atom is -0.456 e. The molecule has 0 radical (unpaired) electrons. The van der Waals surface area contributed by atoms with Crippen molar-refractivity contribution < 1.29 is 8.83 Å². The highest BCUT2D eigenvalue weighted by Crippen LogP contribution is 2.44. The second-order valence-corrected chi connectivity index (χ2v) is 14.1. The summed E-state index contributed by atoms with van der Waals surface area (Å²) < 4.78 is 12.6. The summed E-state index contributed by atoms with van der Waals surface area (Å²) in [4.78, 5) is 2.34. The predicted molar refractivity (Wildman–Crippen MR) is 229 cm³/mol.